The van der Waals surface area contributed by atoms with Crippen molar-refractivity contribution in [3.8, 4) is 17.0 Å². The van der Waals surface area contributed by atoms with Crippen LogP contribution in [0, 0.1) is 0 Å². The van der Waals surface area contributed by atoms with Crippen molar-refractivity contribution in [1.82, 2.24) is 9.78 Å². The zero-order valence-electron chi connectivity index (χ0n) is 15.4. The SMILES string of the molecule is CCCCc1cc2c(=O)c(-c3ccn(C(C)=O)n3)coc2cc1OC(C)=O. The largest absolute Gasteiger partial charge is 0.463 e. The van der Waals surface area contributed by atoms with Crippen LogP contribution in [-0.2, 0) is 11.2 Å². The molecule has 0 radical (unpaired) electrons. The van der Waals surface area contributed by atoms with Gasteiger partial charge in [0.05, 0.1) is 16.6 Å². The van der Waals surface area contributed by atoms with Crippen molar-refractivity contribution >= 4 is 22.8 Å². The van der Waals surface area contributed by atoms with Crippen molar-refractivity contribution in [2.75, 3.05) is 0 Å². The van der Waals surface area contributed by atoms with Gasteiger partial charge in [0.25, 0.3) is 0 Å². The molecule has 2 heterocycles. The second-order valence-electron chi connectivity index (χ2n) is 6.30. The number of aryl methyl sites for hydroxylation is 1. The van der Waals surface area contributed by atoms with E-state index in [0.717, 1.165) is 23.1 Å². The van der Waals surface area contributed by atoms with Crippen LogP contribution in [0.3, 0.4) is 0 Å². The second-order valence-corrected chi connectivity index (χ2v) is 6.30. The Hall–Kier alpha value is -3.22. The molecule has 27 heavy (non-hydrogen) atoms. The molecule has 2 aromatic heterocycles. The number of aromatic nitrogens is 2. The summed E-state index contributed by atoms with van der Waals surface area (Å²) in [6, 6.07) is 4.87. The number of unbranched alkanes of at least 4 members (excludes halogenated alkanes) is 1. The molecule has 0 unspecified atom stereocenters. The van der Waals surface area contributed by atoms with E-state index in [0.29, 0.717) is 28.8 Å². The molecule has 1 aromatic carbocycles. The Balaban J connectivity index is 2.14. The van der Waals surface area contributed by atoms with Gasteiger partial charge in [-0.3, -0.25) is 14.4 Å². The number of ether oxygens (including phenoxy) is 1. The molecule has 0 atom stereocenters. The van der Waals surface area contributed by atoms with Gasteiger partial charge < -0.3 is 9.15 Å². The number of esters is 1. The first-order valence-corrected chi connectivity index (χ1v) is 8.74. The van der Waals surface area contributed by atoms with E-state index in [1.807, 2.05) is 0 Å². The highest BCUT2D eigenvalue weighted by Crippen LogP contribution is 2.28. The van der Waals surface area contributed by atoms with Crippen molar-refractivity contribution in [3.05, 3.63) is 46.4 Å². The zero-order valence-corrected chi connectivity index (χ0v) is 15.4. The van der Waals surface area contributed by atoms with Crippen LogP contribution >= 0.6 is 0 Å². The molecule has 0 saturated heterocycles. The average molecular weight is 368 g/mol. The minimum Gasteiger partial charge on any atom is -0.463 e. The topological polar surface area (TPSA) is 91.4 Å². The zero-order chi connectivity index (χ0) is 19.6. The third kappa shape index (κ3) is 3.81. The summed E-state index contributed by atoms with van der Waals surface area (Å²) in [6.07, 6.45) is 5.35. The molecule has 0 saturated carbocycles. The third-order valence-electron chi connectivity index (χ3n) is 4.20. The van der Waals surface area contributed by atoms with Gasteiger partial charge in [-0.05, 0) is 30.5 Å². The van der Waals surface area contributed by atoms with Crippen LogP contribution in [0.5, 0.6) is 5.75 Å². The van der Waals surface area contributed by atoms with E-state index in [4.69, 9.17) is 9.15 Å². The Labute approximate surface area is 155 Å². The normalized spacial score (nSPS) is 10.9. The predicted molar refractivity (Wildman–Crippen MR) is 99.9 cm³/mol. The lowest BCUT2D eigenvalue weighted by Crippen LogP contribution is -2.10. The van der Waals surface area contributed by atoms with Crippen LogP contribution in [0.15, 0.2) is 39.9 Å². The average Bonchev–Trinajstić information content (AvgIpc) is 3.10. The first kappa shape index (κ1) is 18.6. The molecule has 0 spiro atoms. The molecule has 0 fully saturated rings. The lowest BCUT2D eigenvalue weighted by atomic mass is 10.0. The summed E-state index contributed by atoms with van der Waals surface area (Å²) in [6.45, 7) is 4.78. The molecule has 7 nitrogen and oxygen atoms in total. The van der Waals surface area contributed by atoms with Gasteiger partial charge >= 0.3 is 5.97 Å². The summed E-state index contributed by atoms with van der Waals surface area (Å²) in [5, 5.41) is 4.50. The van der Waals surface area contributed by atoms with Gasteiger partial charge in [-0.15, -0.1) is 0 Å². The summed E-state index contributed by atoms with van der Waals surface area (Å²) >= 11 is 0. The fraction of sp³-hybridized carbons (Fsp3) is 0.300. The van der Waals surface area contributed by atoms with Crippen LogP contribution in [0.4, 0.5) is 0 Å². The van der Waals surface area contributed by atoms with E-state index in [-0.39, 0.29) is 16.9 Å². The van der Waals surface area contributed by atoms with Gasteiger partial charge in [-0.2, -0.15) is 5.10 Å². The van der Waals surface area contributed by atoms with Crippen molar-refractivity contribution < 1.29 is 18.7 Å². The lowest BCUT2D eigenvalue weighted by Gasteiger charge is -2.10. The first-order valence-electron chi connectivity index (χ1n) is 8.74. The number of rotatable bonds is 5. The summed E-state index contributed by atoms with van der Waals surface area (Å²) in [5.74, 6) is -0.277. The quantitative estimate of drug-likeness (QED) is 0.505. The number of nitrogens with zero attached hydrogens (tertiary/aromatic N) is 2. The summed E-state index contributed by atoms with van der Waals surface area (Å²) in [5.41, 5.74) is 1.48. The van der Waals surface area contributed by atoms with Crippen molar-refractivity contribution in [2.24, 2.45) is 0 Å². The Morgan fingerprint density at radius 2 is 2.04 bits per heavy atom. The molecule has 0 aliphatic carbocycles. The van der Waals surface area contributed by atoms with Crippen LogP contribution in [0.25, 0.3) is 22.2 Å². The maximum Gasteiger partial charge on any atom is 0.308 e. The highest BCUT2D eigenvalue weighted by molar-refractivity contribution is 5.84. The van der Waals surface area contributed by atoms with Gasteiger partial charge in [0.1, 0.15) is 17.6 Å². The highest BCUT2D eigenvalue weighted by Gasteiger charge is 2.16. The Morgan fingerprint density at radius 1 is 1.26 bits per heavy atom. The number of benzene rings is 1. The van der Waals surface area contributed by atoms with Gasteiger partial charge in [0, 0.05) is 26.1 Å². The Morgan fingerprint density at radius 3 is 2.67 bits per heavy atom. The predicted octanol–water partition coefficient (Wildman–Crippen LogP) is 3.58. The summed E-state index contributed by atoms with van der Waals surface area (Å²) in [4.78, 5) is 35.8. The summed E-state index contributed by atoms with van der Waals surface area (Å²) < 4.78 is 12.0. The van der Waals surface area contributed by atoms with Crippen LogP contribution in [-0.4, -0.2) is 21.7 Å². The molecule has 0 amide bonds. The molecule has 3 rings (SSSR count). The number of hydrogen-bond acceptors (Lipinski definition) is 6. The van der Waals surface area contributed by atoms with E-state index in [1.165, 1.54) is 26.3 Å². The molecule has 0 aliphatic heterocycles. The highest BCUT2D eigenvalue weighted by atomic mass is 16.5. The molecule has 140 valence electrons. The third-order valence-corrected chi connectivity index (χ3v) is 4.20. The van der Waals surface area contributed by atoms with Gasteiger partial charge in [0.2, 0.25) is 11.3 Å². The molecule has 0 bridgehead atoms. The smallest absolute Gasteiger partial charge is 0.308 e. The molecule has 0 N–H and O–H groups in total. The van der Waals surface area contributed by atoms with Gasteiger partial charge in [-0.25, -0.2) is 4.68 Å². The second kappa shape index (κ2) is 7.57. The van der Waals surface area contributed by atoms with E-state index in [2.05, 4.69) is 12.0 Å². The Bertz CT molecular complexity index is 1080. The van der Waals surface area contributed by atoms with Crippen LogP contribution in [0.1, 0.15) is 44.0 Å². The standard InChI is InChI=1S/C20H20N2O5/c1-4-5-6-14-9-15-19(10-18(14)27-13(3)24)26-11-16(20(15)25)17-7-8-22(21-17)12(2)23/h7-11H,4-6H2,1-3H3. The molecule has 3 aromatic rings. The van der Waals surface area contributed by atoms with Crippen LogP contribution < -0.4 is 10.2 Å². The monoisotopic (exact) mass is 368 g/mol. The molecular weight excluding hydrogens is 348 g/mol. The first-order chi connectivity index (χ1) is 12.9. The maximum absolute atomic E-state index is 13.0. The Kier molecular flexibility index (Phi) is 5.21. The minimum atomic E-state index is -0.430. The molecule has 7 heteroatoms. The minimum absolute atomic E-state index is 0.251. The van der Waals surface area contributed by atoms with E-state index in [1.54, 1.807) is 18.2 Å². The maximum atomic E-state index is 13.0. The molecule has 0 aliphatic rings. The van der Waals surface area contributed by atoms with Crippen molar-refractivity contribution in [2.45, 2.75) is 40.0 Å². The molecular formula is C20H20N2O5. The van der Waals surface area contributed by atoms with E-state index >= 15 is 0 Å². The number of carbonyl (C=O) groups excluding carboxylic acids is 2. The van der Waals surface area contributed by atoms with E-state index in [9.17, 15) is 14.4 Å². The van der Waals surface area contributed by atoms with Crippen molar-refractivity contribution in [1.29, 1.82) is 0 Å². The van der Waals surface area contributed by atoms with E-state index < -0.39 is 5.97 Å². The fourth-order valence-corrected chi connectivity index (χ4v) is 2.83. The van der Waals surface area contributed by atoms with Crippen molar-refractivity contribution in [3.63, 3.8) is 0 Å². The van der Waals surface area contributed by atoms with Crippen LogP contribution in [0.2, 0.25) is 0 Å². The van der Waals surface area contributed by atoms with Gasteiger partial charge in [0.15, 0.2) is 0 Å². The van der Waals surface area contributed by atoms with Gasteiger partial charge in [-0.1, -0.05) is 13.3 Å². The number of hydrogen-bond donors (Lipinski definition) is 0. The fourth-order valence-electron chi connectivity index (χ4n) is 2.83. The lowest BCUT2D eigenvalue weighted by molar-refractivity contribution is -0.131. The number of fused-ring (bicyclic) bond motifs is 1. The summed E-state index contributed by atoms with van der Waals surface area (Å²) in [7, 11) is 0. The number of carbonyl (C=O) groups is 2.